The average molecular weight is 305 g/mol. The molecular formula is C16H19NO3S. The molecule has 0 aliphatic rings. The third kappa shape index (κ3) is 3.82. The summed E-state index contributed by atoms with van der Waals surface area (Å²) >= 11 is 1.48. The number of amides is 1. The van der Waals surface area contributed by atoms with Crippen molar-refractivity contribution in [2.45, 2.75) is 32.7 Å². The number of carbonyl (C=O) groups is 2. The van der Waals surface area contributed by atoms with Crippen LogP contribution in [0.5, 0.6) is 0 Å². The molecule has 1 aromatic carbocycles. The molecule has 0 spiro atoms. The molecule has 1 amide bonds. The van der Waals surface area contributed by atoms with Gasteiger partial charge in [-0.05, 0) is 37.8 Å². The molecule has 1 N–H and O–H groups in total. The second-order valence-electron chi connectivity index (χ2n) is 5.24. The van der Waals surface area contributed by atoms with E-state index in [-0.39, 0.29) is 18.4 Å². The predicted molar refractivity (Wildman–Crippen MR) is 84.9 cm³/mol. The highest BCUT2D eigenvalue weighted by atomic mass is 32.1. The lowest BCUT2D eigenvalue weighted by molar-refractivity contribution is -0.137. The zero-order valence-corrected chi connectivity index (χ0v) is 13.0. The van der Waals surface area contributed by atoms with Gasteiger partial charge in [0.2, 0.25) is 0 Å². The summed E-state index contributed by atoms with van der Waals surface area (Å²) in [5, 5.41) is 9.78. The largest absolute Gasteiger partial charge is 0.481 e. The topological polar surface area (TPSA) is 57.6 Å². The van der Waals surface area contributed by atoms with Crippen LogP contribution in [-0.4, -0.2) is 34.5 Å². The maximum Gasteiger partial charge on any atom is 0.303 e. The van der Waals surface area contributed by atoms with E-state index in [0.717, 1.165) is 10.1 Å². The third-order valence-electron chi connectivity index (χ3n) is 3.31. The van der Waals surface area contributed by atoms with Gasteiger partial charge in [-0.25, -0.2) is 0 Å². The first-order chi connectivity index (χ1) is 9.99. The molecule has 0 saturated heterocycles. The van der Waals surface area contributed by atoms with Gasteiger partial charge in [0.1, 0.15) is 0 Å². The monoisotopic (exact) mass is 305 g/mol. The van der Waals surface area contributed by atoms with Crippen LogP contribution < -0.4 is 0 Å². The summed E-state index contributed by atoms with van der Waals surface area (Å²) in [5.74, 6) is -0.843. The Labute approximate surface area is 128 Å². The molecule has 0 atom stereocenters. The van der Waals surface area contributed by atoms with Crippen molar-refractivity contribution in [1.29, 1.82) is 0 Å². The van der Waals surface area contributed by atoms with Crippen LogP contribution in [0.15, 0.2) is 30.3 Å². The maximum atomic E-state index is 12.6. The van der Waals surface area contributed by atoms with Gasteiger partial charge in [0.05, 0.1) is 4.88 Å². The van der Waals surface area contributed by atoms with E-state index in [1.165, 1.54) is 11.3 Å². The molecule has 0 radical (unpaired) electrons. The molecule has 112 valence electrons. The Kier molecular flexibility index (Phi) is 4.96. The Morgan fingerprint density at radius 2 is 2.00 bits per heavy atom. The van der Waals surface area contributed by atoms with E-state index in [2.05, 4.69) is 0 Å². The lowest BCUT2D eigenvalue weighted by atomic mass is 10.2. The van der Waals surface area contributed by atoms with Crippen molar-refractivity contribution in [3.8, 4) is 0 Å². The third-order valence-corrected chi connectivity index (χ3v) is 4.41. The summed E-state index contributed by atoms with van der Waals surface area (Å²) in [6.45, 7) is 4.37. The molecule has 0 bridgehead atoms. The first-order valence-electron chi connectivity index (χ1n) is 7.00. The van der Waals surface area contributed by atoms with Crippen LogP contribution in [-0.2, 0) is 4.79 Å². The van der Waals surface area contributed by atoms with Crippen molar-refractivity contribution < 1.29 is 14.7 Å². The Hall–Kier alpha value is -1.88. The smallest absolute Gasteiger partial charge is 0.303 e. The molecule has 0 aliphatic heterocycles. The molecular weight excluding hydrogens is 286 g/mol. The second-order valence-corrected chi connectivity index (χ2v) is 6.32. The van der Waals surface area contributed by atoms with Gasteiger partial charge in [0.15, 0.2) is 0 Å². The number of carbonyl (C=O) groups excluding carboxylic acids is 1. The highest BCUT2D eigenvalue weighted by Crippen LogP contribution is 2.26. The summed E-state index contributed by atoms with van der Waals surface area (Å²) in [7, 11) is 0. The van der Waals surface area contributed by atoms with E-state index in [1.807, 2.05) is 44.2 Å². The van der Waals surface area contributed by atoms with E-state index in [0.29, 0.717) is 17.8 Å². The molecule has 4 nitrogen and oxygen atoms in total. The highest BCUT2D eigenvalue weighted by Gasteiger charge is 2.20. The molecule has 21 heavy (non-hydrogen) atoms. The average Bonchev–Trinajstić information content (AvgIpc) is 2.86. The normalized spacial score (nSPS) is 11.0. The van der Waals surface area contributed by atoms with Gasteiger partial charge in [-0.2, -0.15) is 0 Å². The number of rotatable bonds is 6. The van der Waals surface area contributed by atoms with Gasteiger partial charge in [-0.1, -0.05) is 18.2 Å². The molecule has 0 aliphatic carbocycles. The van der Waals surface area contributed by atoms with E-state index in [9.17, 15) is 9.59 Å². The molecule has 0 fully saturated rings. The van der Waals surface area contributed by atoms with Crippen LogP contribution in [0, 0.1) is 0 Å². The summed E-state index contributed by atoms with van der Waals surface area (Å²) in [6.07, 6.45) is 0.563. The molecule has 1 heterocycles. The van der Waals surface area contributed by atoms with E-state index < -0.39 is 5.97 Å². The molecule has 0 saturated carbocycles. The predicted octanol–water partition coefficient (Wildman–Crippen LogP) is 3.62. The van der Waals surface area contributed by atoms with Crippen LogP contribution in [0.25, 0.3) is 10.1 Å². The number of carboxylic acid groups (broad SMARTS) is 1. The number of nitrogens with zero attached hydrogens (tertiary/aromatic N) is 1. The molecule has 5 heteroatoms. The quantitative estimate of drug-likeness (QED) is 0.887. The first-order valence-corrected chi connectivity index (χ1v) is 7.82. The van der Waals surface area contributed by atoms with Gasteiger partial charge in [-0.15, -0.1) is 11.3 Å². The molecule has 2 rings (SSSR count). The van der Waals surface area contributed by atoms with Gasteiger partial charge in [-0.3, -0.25) is 9.59 Å². The van der Waals surface area contributed by atoms with Crippen LogP contribution >= 0.6 is 11.3 Å². The Bertz CT molecular complexity index is 615. The SMILES string of the molecule is CC(C)N(CCCC(=O)O)C(=O)c1cc2ccccc2s1. The zero-order valence-electron chi connectivity index (χ0n) is 12.2. The van der Waals surface area contributed by atoms with Crippen molar-refractivity contribution in [3.05, 3.63) is 35.2 Å². The number of benzene rings is 1. The number of fused-ring (bicyclic) bond motifs is 1. The van der Waals surface area contributed by atoms with E-state index in [4.69, 9.17) is 5.11 Å². The van der Waals surface area contributed by atoms with Crippen LogP contribution in [0.2, 0.25) is 0 Å². The number of hydrogen-bond donors (Lipinski definition) is 1. The summed E-state index contributed by atoms with van der Waals surface area (Å²) in [6, 6.07) is 9.87. The summed E-state index contributed by atoms with van der Waals surface area (Å²) in [4.78, 5) is 25.7. The van der Waals surface area contributed by atoms with Gasteiger partial charge in [0.25, 0.3) is 5.91 Å². The van der Waals surface area contributed by atoms with Crippen LogP contribution in [0.1, 0.15) is 36.4 Å². The minimum atomic E-state index is -0.826. The van der Waals surface area contributed by atoms with Crippen molar-refractivity contribution in [3.63, 3.8) is 0 Å². The summed E-state index contributed by atoms with van der Waals surface area (Å²) in [5.41, 5.74) is 0. The lowest BCUT2D eigenvalue weighted by Gasteiger charge is -2.26. The van der Waals surface area contributed by atoms with E-state index in [1.54, 1.807) is 4.90 Å². The molecule has 2 aromatic rings. The van der Waals surface area contributed by atoms with Crippen molar-refractivity contribution in [2.75, 3.05) is 6.54 Å². The number of aliphatic carboxylic acids is 1. The Balaban J connectivity index is 2.15. The molecule has 1 aromatic heterocycles. The fourth-order valence-corrected chi connectivity index (χ4v) is 3.24. The number of hydrogen-bond acceptors (Lipinski definition) is 3. The van der Waals surface area contributed by atoms with Crippen molar-refractivity contribution in [2.24, 2.45) is 0 Å². The standard InChI is InChI=1S/C16H19NO3S/c1-11(2)17(9-5-8-15(18)19)16(20)14-10-12-6-3-4-7-13(12)21-14/h3-4,6-7,10-11H,5,8-9H2,1-2H3,(H,18,19). The highest BCUT2D eigenvalue weighted by molar-refractivity contribution is 7.20. The lowest BCUT2D eigenvalue weighted by Crippen LogP contribution is -2.37. The minimum absolute atomic E-state index is 0.0170. The van der Waals surface area contributed by atoms with Crippen molar-refractivity contribution in [1.82, 2.24) is 4.90 Å². The fourth-order valence-electron chi connectivity index (χ4n) is 2.22. The van der Waals surface area contributed by atoms with Crippen LogP contribution in [0.3, 0.4) is 0 Å². The Morgan fingerprint density at radius 1 is 1.29 bits per heavy atom. The zero-order chi connectivity index (χ0) is 15.4. The van der Waals surface area contributed by atoms with Gasteiger partial charge in [0, 0.05) is 23.7 Å². The first kappa shape index (κ1) is 15.5. The number of thiophene rings is 1. The van der Waals surface area contributed by atoms with Gasteiger partial charge >= 0.3 is 5.97 Å². The Morgan fingerprint density at radius 3 is 2.62 bits per heavy atom. The molecule has 0 unspecified atom stereocenters. The number of carboxylic acids is 1. The minimum Gasteiger partial charge on any atom is -0.481 e. The fraction of sp³-hybridized carbons (Fsp3) is 0.375. The van der Waals surface area contributed by atoms with Gasteiger partial charge < -0.3 is 10.0 Å². The van der Waals surface area contributed by atoms with Crippen molar-refractivity contribution >= 4 is 33.3 Å². The maximum absolute atomic E-state index is 12.6. The van der Waals surface area contributed by atoms with E-state index >= 15 is 0 Å². The summed E-state index contributed by atoms with van der Waals surface area (Å²) < 4.78 is 1.09. The van der Waals surface area contributed by atoms with Crippen LogP contribution in [0.4, 0.5) is 0 Å². The second kappa shape index (κ2) is 6.72.